The van der Waals surface area contributed by atoms with E-state index in [2.05, 4.69) is 10.6 Å². The highest BCUT2D eigenvalue weighted by atomic mass is 35.5. The van der Waals surface area contributed by atoms with Crippen molar-refractivity contribution in [1.29, 1.82) is 0 Å². The Bertz CT molecular complexity index is 789. The minimum absolute atomic E-state index is 0.0360. The van der Waals surface area contributed by atoms with Crippen molar-refractivity contribution in [2.75, 3.05) is 17.7 Å². The van der Waals surface area contributed by atoms with Gasteiger partial charge in [0.15, 0.2) is 5.75 Å². The van der Waals surface area contributed by atoms with E-state index >= 15 is 0 Å². The van der Waals surface area contributed by atoms with E-state index in [-0.39, 0.29) is 27.0 Å². The number of hydrogen-bond donors (Lipinski definition) is 2. The van der Waals surface area contributed by atoms with Gasteiger partial charge in [0.2, 0.25) is 5.91 Å². The monoisotopic (exact) mass is 370 g/mol. The molecule has 2 rings (SSSR count). The maximum absolute atomic E-state index is 13.6. The first-order valence-electron chi connectivity index (χ1n) is 6.73. The number of halogens is 3. The number of nitrogens with one attached hydrogen (secondary N) is 2. The lowest BCUT2D eigenvalue weighted by atomic mass is 10.2. The van der Waals surface area contributed by atoms with Gasteiger partial charge in [-0.25, -0.2) is 4.39 Å². The molecule has 0 aliphatic heterocycles. The Labute approximate surface area is 147 Å². The molecule has 0 spiro atoms. The van der Waals surface area contributed by atoms with Crippen LogP contribution in [0.25, 0.3) is 0 Å². The molecule has 2 amide bonds. The van der Waals surface area contributed by atoms with Crippen molar-refractivity contribution in [3.63, 3.8) is 0 Å². The summed E-state index contributed by atoms with van der Waals surface area (Å²) in [5.74, 6) is -1.27. The van der Waals surface area contributed by atoms with Crippen LogP contribution < -0.4 is 15.4 Å². The molecule has 24 heavy (non-hydrogen) atoms. The van der Waals surface area contributed by atoms with E-state index in [1.807, 2.05) is 0 Å². The molecule has 0 aromatic heterocycles. The van der Waals surface area contributed by atoms with Gasteiger partial charge in [0, 0.05) is 18.2 Å². The van der Waals surface area contributed by atoms with E-state index in [1.165, 1.54) is 38.3 Å². The Morgan fingerprint density at radius 3 is 2.25 bits per heavy atom. The van der Waals surface area contributed by atoms with Crippen LogP contribution in [0, 0.1) is 5.82 Å². The number of carbonyl (C=O) groups excluding carboxylic acids is 2. The first-order valence-corrected chi connectivity index (χ1v) is 7.49. The van der Waals surface area contributed by atoms with E-state index in [1.54, 1.807) is 0 Å². The van der Waals surface area contributed by atoms with Crippen molar-refractivity contribution in [2.45, 2.75) is 6.92 Å². The van der Waals surface area contributed by atoms with Gasteiger partial charge in [0.05, 0.1) is 22.8 Å². The molecule has 0 fully saturated rings. The first kappa shape index (κ1) is 18.0. The summed E-state index contributed by atoms with van der Waals surface area (Å²) in [6.45, 7) is 1.26. The van der Waals surface area contributed by atoms with Crippen molar-refractivity contribution >= 4 is 46.4 Å². The van der Waals surface area contributed by atoms with Gasteiger partial charge in [0.1, 0.15) is 5.82 Å². The smallest absolute Gasteiger partial charge is 0.255 e. The number of ether oxygens (including phenoxy) is 1. The van der Waals surface area contributed by atoms with Gasteiger partial charge in [-0.15, -0.1) is 0 Å². The molecule has 0 radical (unpaired) electrons. The molecular weight excluding hydrogens is 358 g/mol. The Balaban J connectivity index is 2.25. The van der Waals surface area contributed by atoms with Crippen LogP contribution in [-0.4, -0.2) is 18.9 Å². The topological polar surface area (TPSA) is 67.4 Å². The van der Waals surface area contributed by atoms with Crippen molar-refractivity contribution in [2.24, 2.45) is 0 Å². The van der Waals surface area contributed by atoms with Crippen LogP contribution in [0.1, 0.15) is 17.3 Å². The third kappa shape index (κ3) is 4.15. The molecule has 8 heteroatoms. The number of methoxy groups -OCH3 is 1. The van der Waals surface area contributed by atoms with Crippen LogP contribution in [0.4, 0.5) is 15.8 Å². The van der Waals surface area contributed by atoms with Gasteiger partial charge in [-0.2, -0.15) is 0 Å². The van der Waals surface area contributed by atoms with Crippen LogP contribution in [0.3, 0.4) is 0 Å². The number of rotatable bonds is 4. The summed E-state index contributed by atoms with van der Waals surface area (Å²) in [4.78, 5) is 23.3. The normalized spacial score (nSPS) is 10.2. The van der Waals surface area contributed by atoms with E-state index in [4.69, 9.17) is 27.9 Å². The molecule has 5 nitrogen and oxygen atoms in total. The molecule has 0 atom stereocenters. The SMILES string of the molecule is COc1c(Cl)cc(C(=O)Nc2ccc(F)c(NC(C)=O)c2)cc1Cl. The lowest BCUT2D eigenvalue weighted by molar-refractivity contribution is -0.114. The van der Waals surface area contributed by atoms with Gasteiger partial charge in [-0.1, -0.05) is 23.2 Å². The number of carbonyl (C=O) groups is 2. The van der Waals surface area contributed by atoms with E-state index in [9.17, 15) is 14.0 Å². The molecule has 0 bridgehead atoms. The van der Waals surface area contributed by atoms with Crippen LogP contribution in [0.5, 0.6) is 5.75 Å². The second kappa shape index (κ2) is 7.51. The number of amides is 2. The highest BCUT2D eigenvalue weighted by molar-refractivity contribution is 6.37. The minimum atomic E-state index is -0.612. The molecule has 0 saturated carbocycles. The van der Waals surface area contributed by atoms with E-state index in [0.717, 1.165) is 6.07 Å². The summed E-state index contributed by atoms with van der Waals surface area (Å²) in [5.41, 5.74) is 0.468. The molecule has 126 valence electrons. The average molecular weight is 371 g/mol. The zero-order chi connectivity index (χ0) is 17.9. The van der Waals surface area contributed by atoms with Crippen molar-refractivity contribution in [3.8, 4) is 5.75 Å². The molecule has 2 aromatic rings. The second-order valence-corrected chi connectivity index (χ2v) is 5.62. The Hall–Kier alpha value is -2.31. The largest absolute Gasteiger partial charge is 0.494 e. The molecule has 2 N–H and O–H groups in total. The predicted octanol–water partition coefficient (Wildman–Crippen LogP) is 4.35. The molecular formula is C16H13Cl2FN2O3. The molecule has 0 saturated heterocycles. The Morgan fingerprint density at radius 1 is 1.08 bits per heavy atom. The first-order chi connectivity index (χ1) is 11.3. The molecule has 0 heterocycles. The second-order valence-electron chi connectivity index (χ2n) is 4.80. The van der Waals surface area contributed by atoms with Crippen LogP contribution in [-0.2, 0) is 4.79 Å². The highest BCUT2D eigenvalue weighted by Gasteiger charge is 2.14. The molecule has 0 unspecified atom stereocenters. The average Bonchev–Trinajstić information content (AvgIpc) is 2.49. The summed E-state index contributed by atoms with van der Waals surface area (Å²) in [5, 5.41) is 5.29. The summed E-state index contributed by atoms with van der Waals surface area (Å²) in [7, 11) is 1.41. The van der Waals surface area contributed by atoms with E-state index < -0.39 is 17.6 Å². The van der Waals surface area contributed by atoms with Crippen molar-refractivity contribution < 1.29 is 18.7 Å². The van der Waals surface area contributed by atoms with Gasteiger partial charge in [-0.05, 0) is 30.3 Å². The summed E-state index contributed by atoms with van der Waals surface area (Å²) in [6, 6.07) is 6.61. The lowest BCUT2D eigenvalue weighted by Crippen LogP contribution is -2.13. The van der Waals surface area contributed by atoms with Crippen LogP contribution in [0.15, 0.2) is 30.3 Å². The molecule has 2 aromatic carbocycles. The lowest BCUT2D eigenvalue weighted by Gasteiger charge is -2.11. The van der Waals surface area contributed by atoms with Crippen molar-refractivity contribution in [1.82, 2.24) is 0 Å². The maximum atomic E-state index is 13.6. The third-order valence-corrected chi connectivity index (χ3v) is 3.56. The fraction of sp³-hybridized carbons (Fsp3) is 0.125. The predicted molar refractivity (Wildman–Crippen MR) is 91.7 cm³/mol. The van der Waals surface area contributed by atoms with Crippen LogP contribution >= 0.6 is 23.2 Å². The molecule has 0 aliphatic rings. The Morgan fingerprint density at radius 2 is 1.71 bits per heavy atom. The fourth-order valence-electron chi connectivity index (χ4n) is 1.98. The zero-order valence-electron chi connectivity index (χ0n) is 12.7. The van der Waals surface area contributed by atoms with Crippen LogP contribution in [0.2, 0.25) is 10.0 Å². The van der Waals surface area contributed by atoms with Gasteiger partial charge in [-0.3, -0.25) is 9.59 Å². The maximum Gasteiger partial charge on any atom is 0.255 e. The highest BCUT2D eigenvalue weighted by Crippen LogP contribution is 2.34. The van der Waals surface area contributed by atoms with Gasteiger partial charge in [0.25, 0.3) is 5.91 Å². The number of anilines is 2. The standard InChI is InChI=1S/C16H13Cl2FN2O3/c1-8(22)20-14-7-10(3-4-13(14)19)21-16(23)9-5-11(17)15(24-2)12(18)6-9/h3-7H,1-2H3,(H,20,22)(H,21,23). The van der Waals surface area contributed by atoms with E-state index in [0.29, 0.717) is 5.69 Å². The summed E-state index contributed by atoms with van der Waals surface area (Å²) >= 11 is 12.0. The molecule has 0 aliphatic carbocycles. The Kier molecular flexibility index (Phi) is 5.64. The summed E-state index contributed by atoms with van der Waals surface area (Å²) < 4.78 is 18.6. The number of hydrogen-bond acceptors (Lipinski definition) is 3. The van der Waals surface area contributed by atoms with Crippen molar-refractivity contribution in [3.05, 3.63) is 51.8 Å². The minimum Gasteiger partial charge on any atom is -0.494 e. The van der Waals surface area contributed by atoms with Gasteiger partial charge >= 0.3 is 0 Å². The third-order valence-electron chi connectivity index (χ3n) is 3.00. The quantitative estimate of drug-likeness (QED) is 0.840. The fourth-order valence-corrected chi connectivity index (χ4v) is 2.62. The summed E-state index contributed by atoms with van der Waals surface area (Å²) in [6.07, 6.45) is 0. The number of benzene rings is 2. The van der Waals surface area contributed by atoms with Gasteiger partial charge < -0.3 is 15.4 Å². The zero-order valence-corrected chi connectivity index (χ0v) is 14.3.